The van der Waals surface area contributed by atoms with E-state index in [1.54, 1.807) is 19.1 Å². The highest BCUT2D eigenvalue weighted by Gasteiger charge is 2.03. The molecule has 148 valence electrons. The average Bonchev–Trinajstić information content (AvgIpc) is 2.77. The largest absolute Gasteiger partial charge is 0.457 e. The number of aromatic nitrogens is 2. The summed E-state index contributed by atoms with van der Waals surface area (Å²) in [7, 11) is 0. The van der Waals surface area contributed by atoms with Crippen LogP contribution < -0.4 is 15.4 Å². The van der Waals surface area contributed by atoms with Crippen LogP contribution in [0.15, 0.2) is 91.3 Å². The average molecular weight is 396 g/mol. The van der Waals surface area contributed by atoms with Gasteiger partial charge in [0.15, 0.2) is 5.78 Å². The van der Waals surface area contributed by atoms with E-state index < -0.39 is 0 Å². The van der Waals surface area contributed by atoms with Gasteiger partial charge in [0.25, 0.3) is 0 Å². The Balaban J connectivity index is 1.40. The lowest BCUT2D eigenvalue weighted by atomic mass is 10.1. The van der Waals surface area contributed by atoms with Crippen LogP contribution in [0, 0.1) is 0 Å². The van der Waals surface area contributed by atoms with Crippen molar-refractivity contribution in [1.29, 1.82) is 0 Å². The molecule has 0 amide bonds. The van der Waals surface area contributed by atoms with Gasteiger partial charge in [0, 0.05) is 23.0 Å². The number of ketones is 1. The Hall–Kier alpha value is -4.19. The summed E-state index contributed by atoms with van der Waals surface area (Å²) in [5.74, 6) is 2.89. The molecule has 2 N–H and O–H groups in total. The van der Waals surface area contributed by atoms with Crippen molar-refractivity contribution in [3.8, 4) is 11.5 Å². The van der Waals surface area contributed by atoms with Crippen LogP contribution in [-0.4, -0.2) is 15.8 Å². The zero-order chi connectivity index (χ0) is 20.8. The Morgan fingerprint density at radius 3 is 1.83 bits per heavy atom. The number of benzene rings is 3. The summed E-state index contributed by atoms with van der Waals surface area (Å²) in [6.45, 7) is 1.55. The highest BCUT2D eigenvalue weighted by Crippen LogP contribution is 2.24. The summed E-state index contributed by atoms with van der Waals surface area (Å²) in [5, 5.41) is 6.46. The smallest absolute Gasteiger partial charge is 0.159 e. The Morgan fingerprint density at radius 1 is 0.733 bits per heavy atom. The van der Waals surface area contributed by atoms with Crippen LogP contribution in [0.3, 0.4) is 0 Å². The molecule has 0 fully saturated rings. The Kier molecular flexibility index (Phi) is 5.66. The van der Waals surface area contributed by atoms with Crippen molar-refractivity contribution < 1.29 is 9.53 Å². The van der Waals surface area contributed by atoms with Gasteiger partial charge in [-0.25, -0.2) is 9.97 Å². The Morgan fingerprint density at radius 2 is 1.27 bits per heavy atom. The predicted octanol–water partition coefficient (Wildman–Crippen LogP) is 5.96. The molecule has 0 saturated heterocycles. The van der Waals surface area contributed by atoms with Gasteiger partial charge in [-0.15, -0.1) is 0 Å². The maximum Gasteiger partial charge on any atom is 0.159 e. The molecule has 0 aliphatic carbocycles. The van der Waals surface area contributed by atoms with Crippen molar-refractivity contribution in [3.63, 3.8) is 0 Å². The third kappa shape index (κ3) is 4.99. The molecular weight excluding hydrogens is 376 g/mol. The first kappa shape index (κ1) is 19.1. The van der Waals surface area contributed by atoms with Crippen LogP contribution in [0.4, 0.5) is 23.0 Å². The molecule has 0 radical (unpaired) electrons. The first-order valence-electron chi connectivity index (χ1n) is 9.46. The molecular formula is C24H20N4O2. The van der Waals surface area contributed by atoms with E-state index in [1.807, 2.05) is 72.8 Å². The Bertz CT molecular complexity index is 1130. The number of carbonyl (C=O) groups is 1. The van der Waals surface area contributed by atoms with E-state index >= 15 is 0 Å². The lowest BCUT2D eigenvalue weighted by Crippen LogP contribution is -1.99. The number of Topliss-reactive ketones (excluding diaryl/α,β-unsaturated/α-hetero) is 1. The molecule has 1 aromatic heterocycles. The maximum absolute atomic E-state index is 11.4. The van der Waals surface area contributed by atoms with E-state index in [-0.39, 0.29) is 5.78 Å². The van der Waals surface area contributed by atoms with Crippen LogP contribution in [0.1, 0.15) is 17.3 Å². The van der Waals surface area contributed by atoms with Gasteiger partial charge in [0.1, 0.15) is 29.5 Å². The second kappa shape index (κ2) is 8.87. The number of hydrogen-bond donors (Lipinski definition) is 2. The van der Waals surface area contributed by atoms with Crippen molar-refractivity contribution in [1.82, 2.24) is 9.97 Å². The van der Waals surface area contributed by atoms with Crippen molar-refractivity contribution in [2.45, 2.75) is 6.92 Å². The lowest BCUT2D eigenvalue weighted by molar-refractivity contribution is 0.101. The molecule has 0 aliphatic heterocycles. The molecule has 6 heteroatoms. The number of rotatable bonds is 7. The Labute approximate surface area is 174 Å². The number of hydrogen-bond acceptors (Lipinski definition) is 6. The maximum atomic E-state index is 11.4. The fourth-order valence-electron chi connectivity index (χ4n) is 2.81. The normalized spacial score (nSPS) is 10.3. The van der Waals surface area contributed by atoms with E-state index in [0.29, 0.717) is 17.2 Å². The summed E-state index contributed by atoms with van der Waals surface area (Å²) < 4.78 is 5.81. The van der Waals surface area contributed by atoms with E-state index in [1.165, 1.54) is 6.33 Å². The zero-order valence-corrected chi connectivity index (χ0v) is 16.4. The van der Waals surface area contributed by atoms with Crippen LogP contribution in [-0.2, 0) is 0 Å². The van der Waals surface area contributed by atoms with Crippen molar-refractivity contribution in [3.05, 3.63) is 96.8 Å². The van der Waals surface area contributed by atoms with Gasteiger partial charge in [-0.2, -0.15) is 0 Å². The van der Waals surface area contributed by atoms with Gasteiger partial charge in [0.2, 0.25) is 0 Å². The first-order valence-corrected chi connectivity index (χ1v) is 9.46. The summed E-state index contributed by atoms with van der Waals surface area (Å²) in [6.07, 6.45) is 1.49. The summed E-state index contributed by atoms with van der Waals surface area (Å²) in [5.41, 5.74) is 2.39. The van der Waals surface area contributed by atoms with Crippen molar-refractivity contribution in [2.75, 3.05) is 10.6 Å². The monoisotopic (exact) mass is 396 g/mol. The molecule has 6 nitrogen and oxygen atoms in total. The van der Waals surface area contributed by atoms with Gasteiger partial charge in [-0.3, -0.25) is 4.79 Å². The highest BCUT2D eigenvalue weighted by molar-refractivity contribution is 5.94. The topological polar surface area (TPSA) is 76.1 Å². The van der Waals surface area contributed by atoms with Gasteiger partial charge in [-0.1, -0.05) is 18.2 Å². The number of anilines is 4. The molecule has 0 saturated carbocycles. The minimum atomic E-state index is 0.0373. The van der Waals surface area contributed by atoms with Gasteiger partial charge in [-0.05, 0) is 67.6 Å². The van der Waals surface area contributed by atoms with E-state index in [4.69, 9.17) is 4.74 Å². The van der Waals surface area contributed by atoms with Gasteiger partial charge < -0.3 is 15.4 Å². The van der Waals surface area contributed by atoms with Gasteiger partial charge >= 0.3 is 0 Å². The highest BCUT2D eigenvalue weighted by atomic mass is 16.5. The summed E-state index contributed by atoms with van der Waals surface area (Å²) in [4.78, 5) is 19.9. The van der Waals surface area contributed by atoms with E-state index in [2.05, 4.69) is 20.6 Å². The molecule has 1 heterocycles. The summed E-state index contributed by atoms with van der Waals surface area (Å²) in [6, 6.07) is 26.3. The first-order chi connectivity index (χ1) is 14.7. The molecule has 4 aromatic rings. The lowest BCUT2D eigenvalue weighted by Gasteiger charge is -2.10. The van der Waals surface area contributed by atoms with Crippen LogP contribution in [0.25, 0.3) is 0 Å². The molecule has 0 atom stereocenters. The second-order valence-corrected chi connectivity index (χ2v) is 6.61. The standard InChI is InChI=1S/C24H20N4O2/c1-17(29)18-7-9-19(10-8-18)27-23-15-24(26-16-25-23)28-20-11-13-22(14-12-20)30-21-5-3-2-4-6-21/h2-16H,1H3,(H2,25,26,27,28). The molecule has 0 spiro atoms. The van der Waals surface area contributed by atoms with Crippen LogP contribution in [0.5, 0.6) is 11.5 Å². The molecule has 4 rings (SSSR count). The zero-order valence-electron chi connectivity index (χ0n) is 16.4. The minimum Gasteiger partial charge on any atom is -0.457 e. The molecule has 3 aromatic carbocycles. The SMILES string of the molecule is CC(=O)c1ccc(Nc2cc(Nc3ccc(Oc4ccccc4)cc3)ncn2)cc1. The molecule has 0 bridgehead atoms. The van der Waals surface area contributed by atoms with E-state index in [9.17, 15) is 4.79 Å². The van der Waals surface area contributed by atoms with Crippen molar-refractivity contribution >= 4 is 28.8 Å². The third-order valence-corrected chi connectivity index (χ3v) is 4.34. The fourth-order valence-corrected chi connectivity index (χ4v) is 2.81. The number of para-hydroxylation sites is 1. The third-order valence-electron chi connectivity index (χ3n) is 4.34. The van der Waals surface area contributed by atoms with E-state index in [0.717, 1.165) is 22.9 Å². The minimum absolute atomic E-state index is 0.0373. The molecule has 0 unspecified atom stereocenters. The molecule has 30 heavy (non-hydrogen) atoms. The quantitative estimate of drug-likeness (QED) is 0.376. The predicted molar refractivity (Wildman–Crippen MR) is 118 cm³/mol. The molecule has 0 aliphatic rings. The number of nitrogens with one attached hydrogen (secondary N) is 2. The van der Waals surface area contributed by atoms with Gasteiger partial charge in [0.05, 0.1) is 0 Å². The summed E-state index contributed by atoms with van der Waals surface area (Å²) >= 11 is 0. The van der Waals surface area contributed by atoms with Crippen LogP contribution in [0.2, 0.25) is 0 Å². The van der Waals surface area contributed by atoms with Crippen molar-refractivity contribution in [2.24, 2.45) is 0 Å². The second-order valence-electron chi connectivity index (χ2n) is 6.61. The number of carbonyl (C=O) groups excluding carboxylic acids is 1. The fraction of sp³-hybridized carbons (Fsp3) is 0.0417. The number of ether oxygens (including phenoxy) is 1. The number of nitrogens with zero attached hydrogens (tertiary/aromatic N) is 2. The van der Waals surface area contributed by atoms with Crippen LogP contribution >= 0.6 is 0 Å².